The largest absolute Gasteiger partial charge is 0.377 e. The topological polar surface area (TPSA) is 79.4 Å². The second-order valence-electron chi connectivity index (χ2n) is 11.3. The molecule has 6 rings (SSSR count). The number of anilines is 4. The van der Waals surface area contributed by atoms with E-state index >= 15 is 0 Å². The Morgan fingerprint density at radius 1 is 1.00 bits per heavy atom. The van der Waals surface area contributed by atoms with Crippen LogP contribution in [0, 0.1) is 5.92 Å². The molecule has 0 bridgehead atoms. The maximum atomic E-state index is 12.9. The molecule has 2 aliphatic heterocycles. The summed E-state index contributed by atoms with van der Waals surface area (Å²) in [6.07, 6.45) is 7.75. The van der Waals surface area contributed by atoms with Crippen molar-refractivity contribution in [2.75, 3.05) is 43.7 Å². The molecule has 1 aromatic heterocycles. The zero-order valence-electron chi connectivity index (χ0n) is 22.3. The highest BCUT2D eigenvalue weighted by molar-refractivity contribution is 7.70. The van der Waals surface area contributed by atoms with E-state index in [1.807, 2.05) is 0 Å². The van der Waals surface area contributed by atoms with Crippen LogP contribution in [0.4, 0.5) is 23.1 Å². The standard InChI is InChI=1S/C29H34Cl2N5O2P/c1-39(2,37)27-14-21(30)6-10-25(27)34-28-24(31)15-32-29(35-28)33-22-7-3-18-4-8-23(9-5-19(18)13-22)36-16-20-11-12-38-26(20)17-36/h3,6-7,10,13-15,20,23,26H,4-5,8-9,11-12,16-17H2,1-2H3,(H2,32,33,34,35)/t20?,23-,26+/m1/s1. The first-order valence-electron chi connectivity index (χ1n) is 13.6. The summed E-state index contributed by atoms with van der Waals surface area (Å²) in [6, 6.07) is 12.5. The van der Waals surface area contributed by atoms with Gasteiger partial charge in [0.05, 0.1) is 18.0 Å². The van der Waals surface area contributed by atoms with Crippen molar-refractivity contribution in [2.24, 2.45) is 5.92 Å². The number of hydrogen-bond acceptors (Lipinski definition) is 7. The number of benzene rings is 2. The molecule has 2 saturated heterocycles. The molecule has 2 fully saturated rings. The Labute approximate surface area is 240 Å². The van der Waals surface area contributed by atoms with E-state index in [0.717, 1.165) is 37.6 Å². The lowest BCUT2D eigenvalue weighted by Crippen LogP contribution is -2.35. The fourth-order valence-electron chi connectivity index (χ4n) is 6.17. The van der Waals surface area contributed by atoms with Crippen molar-refractivity contribution >= 4 is 58.8 Å². The first-order valence-corrected chi connectivity index (χ1v) is 17.0. The summed E-state index contributed by atoms with van der Waals surface area (Å²) in [4.78, 5) is 11.7. The van der Waals surface area contributed by atoms with Crippen LogP contribution in [0.5, 0.6) is 0 Å². The fraction of sp³-hybridized carbons (Fsp3) is 0.448. The lowest BCUT2D eigenvalue weighted by atomic mass is 10.0. The van der Waals surface area contributed by atoms with Crippen LogP contribution in [-0.2, 0) is 22.1 Å². The van der Waals surface area contributed by atoms with Crippen molar-refractivity contribution in [1.29, 1.82) is 0 Å². The Hall–Kier alpha value is -2.15. The molecule has 3 aliphatic rings. The molecule has 3 heterocycles. The van der Waals surface area contributed by atoms with Crippen LogP contribution in [0.25, 0.3) is 0 Å². The van der Waals surface area contributed by atoms with E-state index in [1.54, 1.807) is 37.7 Å². The molecule has 0 spiro atoms. The van der Waals surface area contributed by atoms with Crippen LogP contribution in [0.15, 0.2) is 42.6 Å². The predicted octanol–water partition coefficient (Wildman–Crippen LogP) is 6.49. The van der Waals surface area contributed by atoms with Crippen molar-refractivity contribution < 1.29 is 9.30 Å². The molecule has 1 aliphatic carbocycles. The van der Waals surface area contributed by atoms with Crippen LogP contribution in [0.3, 0.4) is 0 Å². The molecule has 3 aromatic rings. The van der Waals surface area contributed by atoms with Gasteiger partial charge in [0, 0.05) is 47.7 Å². The number of aromatic nitrogens is 2. The molecule has 0 radical (unpaired) electrons. The van der Waals surface area contributed by atoms with Gasteiger partial charge in [0.25, 0.3) is 0 Å². The van der Waals surface area contributed by atoms with Gasteiger partial charge < -0.3 is 19.9 Å². The average molecular weight is 587 g/mol. The Morgan fingerprint density at radius 3 is 2.62 bits per heavy atom. The third kappa shape index (κ3) is 5.98. The van der Waals surface area contributed by atoms with Crippen molar-refractivity contribution in [1.82, 2.24) is 14.9 Å². The quantitative estimate of drug-likeness (QED) is 0.253. The molecule has 1 unspecified atom stereocenters. The number of fused-ring (bicyclic) bond motifs is 2. The number of nitrogens with one attached hydrogen (secondary N) is 2. The highest BCUT2D eigenvalue weighted by Crippen LogP contribution is 2.40. The van der Waals surface area contributed by atoms with E-state index in [1.165, 1.54) is 36.9 Å². The zero-order chi connectivity index (χ0) is 27.1. The number of aryl methyl sites for hydroxylation is 2. The zero-order valence-corrected chi connectivity index (χ0v) is 24.7. The monoisotopic (exact) mass is 585 g/mol. The van der Waals surface area contributed by atoms with Crippen molar-refractivity contribution in [2.45, 2.75) is 44.2 Å². The molecule has 39 heavy (non-hydrogen) atoms. The SMILES string of the molecule is CP(C)(=O)c1cc(Cl)ccc1Nc1nc(Nc2ccc3c(c2)CC[C@H](N2CC4CCO[C@H]4C2)CC3)ncc1Cl. The van der Waals surface area contributed by atoms with Gasteiger partial charge in [0.1, 0.15) is 12.2 Å². The second-order valence-corrected chi connectivity index (χ2v) is 15.3. The van der Waals surface area contributed by atoms with Crippen LogP contribution in [0.1, 0.15) is 30.4 Å². The minimum atomic E-state index is -2.59. The van der Waals surface area contributed by atoms with Gasteiger partial charge in [-0.3, -0.25) is 4.90 Å². The van der Waals surface area contributed by atoms with Gasteiger partial charge in [-0.2, -0.15) is 4.98 Å². The lowest BCUT2D eigenvalue weighted by molar-refractivity contribution is 0.0897. The minimum absolute atomic E-state index is 0.368. The Kier molecular flexibility index (Phi) is 7.64. The van der Waals surface area contributed by atoms with Crippen molar-refractivity contribution in [3.05, 3.63) is 63.8 Å². The molecule has 2 N–H and O–H groups in total. The third-order valence-corrected chi connectivity index (χ3v) is 10.3. The molecular weight excluding hydrogens is 552 g/mol. The predicted molar refractivity (Wildman–Crippen MR) is 160 cm³/mol. The number of nitrogens with zero attached hydrogens (tertiary/aromatic N) is 3. The molecule has 206 valence electrons. The number of likely N-dealkylation sites (tertiary alicyclic amines) is 1. The fourth-order valence-corrected chi connectivity index (χ4v) is 7.72. The molecule has 0 amide bonds. The van der Waals surface area contributed by atoms with Gasteiger partial charge in [-0.25, -0.2) is 4.98 Å². The molecule has 2 aromatic carbocycles. The smallest absolute Gasteiger partial charge is 0.229 e. The minimum Gasteiger partial charge on any atom is -0.377 e. The summed E-state index contributed by atoms with van der Waals surface area (Å²) in [5.74, 6) is 1.59. The molecule has 0 saturated carbocycles. The van der Waals surface area contributed by atoms with Gasteiger partial charge in [-0.05, 0) is 86.9 Å². The van der Waals surface area contributed by atoms with Gasteiger partial charge in [-0.15, -0.1) is 0 Å². The maximum absolute atomic E-state index is 12.9. The highest BCUT2D eigenvalue weighted by Gasteiger charge is 2.39. The summed E-state index contributed by atoms with van der Waals surface area (Å²) in [5, 5.41) is 8.13. The summed E-state index contributed by atoms with van der Waals surface area (Å²) < 4.78 is 18.8. The van der Waals surface area contributed by atoms with Gasteiger partial charge in [0.2, 0.25) is 5.95 Å². The van der Waals surface area contributed by atoms with E-state index in [4.69, 9.17) is 27.9 Å². The maximum Gasteiger partial charge on any atom is 0.229 e. The van der Waals surface area contributed by atoms with E-state index in [-0.39, 0.29) is 0 Å². The molecule has 10 heteroatoms. The van der Waals surface area contributed by atoms with Gasteiger partial charge in [-0.1, -0.05) is 29.3 Å². The number of rotatable bonds is 6. The first-order chi connectivity index (χ1) is 18.7. The summed E-state index contributed by atoms with van der Waals surface area (Å²) >= 11 is 12.6. The normalized spacial score (nSPS) is 23.2. The van der Waals surface area contributed by atoms with Gasteiger partial charge >= 0.3 is 0 Å². The van der Waals surface area contributed by atoms with E-state index in [2.05, 4.69) is 43.7 Å². The van der Waals surface area contributed by atoms with E-state index < -0.39 is 7.14 Å². The van der Waals surface area contributed by atoms with Crippen LogP contribution in [-0.4, -0.2) is 60.0 Å². The number of halogens is 2. The summed E-state index contributed by atoms with van der Waals surface area (Å²) in [7, 11) is -2.59. The van der Waals surface area contributed by atoms with E-state index in [0.29, 0.717) is 44.9 Å². The lowest BCUT2D eigenvalue weighted by Gasteiger charge is -2.27. The van der Waals surface area contributed by atoms with E-state index in [9.17, 15) is 4.57 Å². The Balaban J connectivity index is 1.16. The van der Waals surface area contributed by atoms with Crippen LogP contribution >= 0.6 is 30.3 Å². The van der Waals surface area contributed by atoms with Crippen LogP contribution in [0.2, 0.25) is 10.0 Å². The third-order valence-electron chi connectivity index (χ3n) is 8.24. The van der Waals surface area contributed by atoms with Crippen LogP contribution < -0.4 is 15.9 Å². The summed E-state index contributed by atoms with van der Waals surface area (Å²) in [6.45, 7) is 6.64. The molecular formula is C29H34Cl2N5O2P. The van der Waals surface area contributed by atoms with Gasteiger partial charge in [0.15, 0.2) is 5.82 Å². The van der Waals surface area contributed by atoms with Crippen molar-refractivity contribution in [3.63, 3.8) is 0 Å². The number of ether oxygens (including phenoxy) is 1. The highest BCUT2D eigenvalue weighted by atomic mass is 35.5. The molecule has 7 nitrogen and oxygen atoms in total. The Morgan fingerprint density at radius 2 is 1.82 bits per heavy atom. The second kappa shape index (κ2) is 11.0. The summed E-state index contributed by atoms with van der Waals surface area (Å²) in [5.41, 5.74) is 4.42. The molecule has 3 atom stereocenters. The number of hydrogen-bond donors (Lipinski definition) is 2. The average Bonchev–Trinajstić information content (AvgIpc) is 3.44. The Bertz CT molecular complexity index is 1420. The first kappa shape index (κ1) is 27.0. The van der Waals surface area contributed by atoms with Crippen molar-refractivity contribution in [3.8, 4) is 0 Å².